The molecule has 1 aliphatic heterocycles. The number of carbonyl (C=O) groups is 1. The molecule has 0 unspecified atom stereocenters. The van der Waals surface area contributed by atoms with Gasteiger partial charge in [-0.2, -0.15) is 18.4 Å². The molecule has 0 saturated carbocycles. The van der Waals surface area contributed by atoms with Crippen molar-refractivity contribution < 1.29 is 22.4 Å². The Morgan fingerprint density at radius 1 is 1.17 bits per heavy atom. The van der Waals surface area contributed by atoms with Gasteiger partial charge >= 0.3 is 6.18 Å². The highest BCUT2D eigenvalue weighted by molar-refractivity contribution is 6.07. The summed E-state index contributed by atoms with van der Waals surface area (Å²) in [5.74, 6) is -1.43. The number of piperazine rings is 1. The van der Waals surface area contributed by atoms with Gasteiger partial charge in [0.1, 0.15) is 17.7 Å². The molecule has 1 aromatic carbocycles. The largest absolute Gasteiger partial charge is 0.417 e. The van der Waals surface area contributed by atoms with Crippen molar-refractivity contribution >= 4 is 23.1 Å². The van der Waals surface area contributed by atoms with Crippen LogP contribution in [-0.4, -0.2) is 67.1 Å². The summed E-state index contributed by atoms with van der Waals surface area (Å²) in [6.07, 6.45) is -2.88. The number of nitrogens with zero attached hydrogens (tertiary/aromatic N) is 5. The van der Waals surface area contributed by atoms with Crippen LogP contribution in [0.4, 0.5) is 34.8 Å². The molecule has 2 aromatic heterocycles. The molecule has 41 heavy (non-hydrogen) atoms. The second kappa shape index (κ2) is 11.2. The number of nitrogens with one attached hydrogen (secondary N) is 2. The van der Waals surface area contributed by atoms with Crippen LogP contribution in [0.3, 0.4) is 0 Å². The zero-order chi connectivity index (χ0) is 30.2. The number of alkyl halides is 3. The standard InChI is InChI=1S/C28H29F4N7O2/c1-15-13-39(14-16(2)38(15)5)24-9-22(29)19(18-6-17(10-33)26(35-11-18)37(3)4)7-23(24)36-27(41)20-12-34-25(40)8-21(20)28(30,31)32/h6-9,11-12,15-16H,13-14H2,1-5H3,(H,34,40)(H,36,41)/t15-,16+. The van der Waals surface area contributed by atoms with E-state index < -0.39 is 34.6 Å². The summed E-state index contributed by atoms with van der Waals surface area (Å²) in [5, 5.41) is 12.1. The Morgan fingerprint density at radius 2 is 1.83 bits per heavy atom. The molecular weight excluding hydrogens is 542 g/mol. The van der Waals surface area contributed by atoms with Crippen molar-refractivity contribution in [3.8, 4) is 17.2 Å². The van der Waals surface area contributed by atoms with Gasteiger partial charge in [0.05, 0.1) is 28.1 Å². The molecule has 216 valence electrons. The summed E-state index contributed by atoms with van der Waals surface area (Å²) in [6, 6.07) is 6.46. The zero-order valence-electron chi connectivity index (χ0n) is 23.1. The second-order valence-electron chi connectivity index (χ2n) is 10.3. The van der Waals surface area contributed by atoms with E-state index in [1.54, 1.807) is 19.0 Å². The summed E-state index contributed by atoms with van der Waals surface area (Å²) < 4.78 is 56.8. The van der Waals surface area contributed by atoms with E-state index in [0.717, 1.165) is 0 Å². The zero-order valence-corrected chi connectivity index (χ0v) is 23.1. The summed E-state index contributed by atoms with van der Waals surface area (Å²) in [7, 11) is 5.37. The van der Waals surface area contributed by atoms with E-state index in [4.69, 9.17) is 0 Å². The van der Waals surface area contributed by atoms with E-state index in [1.165, 1.54) is 24.4 Å². The van der Waals surface area contributed by atoms with Crippen LogP contribution in [0.1, 0.15) is 35.3 Å². The summed E-state index contributed by atoms with van der Waals surface area (Å²) in [4.78, 5) is 36.9. The minimum Gasteiger partial charge on any atom is -0.367 e. The van der Waals surface area contributed by atoms with Gasteiger partial charge in [-0.05, 0) is 39.1 Å². The maximum atomic E-state index is 15.7. The fourth-order valence-electron chi connectivity index (χ4n) is 4.87. The van der Waals surface area contributed by atoms with E-state index >= 15 is 4.39 Å². The van der Waals surface area contributed by atoms with Crippen LogP contribution < -0.4 is 20.7 Å². The molecule has 1 aliphatic rings. The number of rotatable bonds is 5. The van der Waals surface area contributed by atoms with Gasteiger partial charge in [0.25, 0.3) is 5.91 Å². The highest BCUT2D eigenvalue weighted by Gasteiger charge is 2.36. The highest BCUT2D eigenvalue weighted by Crippen LogP contribution is 2.37. The molecule has 9 nitrogen and oxygen atoms in total. The van der Waals surface area contributed by atoms with Crippen molar-refractivity contribution in [2.45, 2.75) is 32.1 Å². The third-order valence-corrected chi connectivity index (χ3v) is 7.23. The third-order valence-electron chi connectivity index (χ3n) is 7.23. The van der Waals surface area contributed by atoms with Crippen molar-refractivity contribution in [3.05, 3.63) is 69.5 Å². The summed E-state index contributed by atoms with van der Waals surface area (Å²) in [5.41, 5.74) is -2.44. The van der Waals surface area contributed by atoms with Gasteiger partial charge in [0.15, 0.2) is 0 Å². The Kier molecular flexibility index (Phi) is 8.08. The Bertz CT molecular complexity index is 1570. The Hall–Kier alpha value is -4.44. The number of anilines is 3. The van der Waals surface area contributed by atoms with Crippen LogP contribution in [0.15, 0.2) is 41.5 Å². The van der Waals surface area contributed by atoms with Gasteiger partial charge in [0, 0.05) is 68.9 Å². The average molecular weight is 572 g/mol. The monoisotopic (exact) mass is 571 g/mol. The Labute approximate surface area is 234 Å². The normalized spacial score (nSPS) is 17.7. The molecule has 0 spiro atoms. The number of nitriles is 1. The Balaban J connectivity index is 1.86. The van der Waals surface area contributed by atoms with Crippen molar-refractivity contribution in [2.75, 3.05) is 49.3 Å². The number of amides is 1. The number of carbonyl (C=O) groups excluding carboxylic acids is 1. The maximum Gasteiger partial charge on any atom is 0.417 e. The van der Waals surface area contributed by atoms with Crippen LogP contribution >= 0.6 is 0 Å². The predicted molar refractivity (Wildman–Crippen MR) is 148 cm³/mol. The van der Waals surface area contributed by atoms with E-state index in [9.17, 15) is 28.0 Å². The lowest BCUT2D eigenvalue weighted by Gasteiger charge is -2.44. The SMILES string of the molecule is C[C@@H]1CN(c2cc(F)c(-c3cnc(N(C)C)c(C#N)c3)cc2NC(=O)c2c[nH]c(=O)cc2C(F)(F)F)C[C@H](C)N1C. The van der Waals surface area contributed by atoms with Crippen molar-refractivity contribution in [1.29, 1.82) is 5.26 Å². The molecule has 0 aliphatic carbocycles. The molecule has 3 heterocycles. The van der Waals surface area contributed by atoms with Gasteiger partial charge in [-0.15, -0.1) is 0 Å². The lowest BCUT2D eigenvalue weighted by atomic mass is 10.0. The number of pyridine rings is 2. The first kappa shape index (κ1) is 29.5. The molecule has 1 fully saturated rings. The van der Waals surface area contributed by atoms with Crippen LogP contribution in [0.2, 0.25) is 0 Å². The van der Waals surface area contributed by atoms with Crippen LogP contribution in [-0.2, 0) is 6.18 Å². The minimum absolute atomic E-state index is 0.00825. The van der Waals surface area contributed by atoms with E-state index in [-0.39, 0.29) is 40.1 Å². The quantitative estimate of drug-likeness (QED) is 0.440. The molecule has 4 rings (SSSR count). The third kappa shape index (κ3) is 6.02. The molecule has 3 aromatic rings. The number of aromatic nitrogens is 2. The number of H-pyrrole nitrogens is 1. The lowest BCUT2D eigenvalue weighted by molar-refractivity contribution is -0.138. The smallest absolute Gasteiger partial charge is 0.367 e. The van der Waals surface area contributed by atoms with Crippen LogP contribution in [0.25, 0.3) is 11.1 Å². The molecule has 13 heteroatoms. The van der Waals surface area contributed by atoms with Gasteiger partial charge < -0.3 is 20.1 Å². The molecule has 1 saturated heterocycles. The number of hydrogen-bond donors (Lipinski definition) is 2. The van der Waals surface area contributed by atoms with E-state index in [1.807, 2.05) is 31.9 Å². The fourth-order valence-corrected chi connectivity index (χ4v) is 4.87. The van der Waals surface area contributed by atoms with Crippen LogP contribution in [0, 0.1) is 17.1 Å². The average Bonchev–Trinajstić information content (AvgIpc) is 2.91. The number of hydrogen-bond acceptors (Lipinski definition) is 7. The van der Waals surface area contributed by atoms with E-state index in [0.29, 0.717) is 31.2 Å². The predicted octanol–water partition coefficient (Wildman–Crippen LogP) is 4.31. The van der Waals surface area contributed by atoms with Crippen molar-refractivity contribution in [1.82, 2.24) is 14.9 Å². The molecule has 1 amide bonds. The summed E-state index contributed by atoms with van der Waals surface area (Å²) in [6.45, 7) is 4.91. The Morgan fingerprint density at radius 3 is 2.41 bits per heavy atom. The fraction of sp³-hybridized carbons (Fsp3) is 0.357. The second-order valence-corrected chi connectivity index (χ2v) is 10.3. The van der Waals surface area contributed by atoms with Gasteiger partial charge in [-0.25, -0.2) is 9.37 Å². The molecule has 2 atom stereocenters. The topological polar surface area (TPSA) is 108 Å². The lowest BCUT2D eigenvalue weighted by Crippen LogP contribution is -2.55. The van der Waals surface area contributed by atoms with Crippen LogP contribution in [0.5, 0.6) is 0 Å². The van der Waals surface area contributed by atoms with Crippen molar-refractivity contribution in [3.63, 3.8) is 0 Å². The van der Waals surface area contributed by atoms with E-state index in [2.05, 4.69) is 20.2 Å². The van der Waals surface area contributed by atoms with Crippen molar-refractivity contribution in [2.24, 2.45) is 0 Å². The first-order chi connectivity index (χ1) is 19.2. The van der Waals surface area contributed by atoms with Gasteiger partial charge in [0.2, 0.25) is 5.56 Å². The first-order valence-electron chi connectivity index (χ1n) is 12.7. The highest BCUT2D eigenvalue weighted by atomic mass is 19.4. The molecular formula is C28H29F4N7O2. The minimum atomic E-state index is -4.96. The number of likely N-dealkylation sites (N-methyl/N-ethyl adjacent to an activating group) is 1. The number of benzene rings is 1. The van der Waals surface area contributed by atoms with Gasteiger partial charge in [-0.3, -0.25) is 14.5 Å². The number of halogens is 4. The molecule has 0 bridgehead atoms. The molecule has 2 N–H and O–H groups in total. The maximum absolute atomic E-state index is 15.7. The summed E-state index contributed by atoms with van der Waals surface area (Å²) >= 11 is 0. The van der Waals surface area contributed by atoms with Gasteiger partial charge in [-0.1, -0.05) is 0 Å². The first-order valence-corrected chi connectivity index (χ1v) is 12.7. The molecule has 0 radical (unpaired) electrons. The number of aromatic amines is 1.